The quantitative estimate of drug-likeness (QED) is 0.491. The third kappa shape index (κ3) is 3.60. The Balaban J connectivity index is 1.91. The van der Waals surface area contributed by atoms with E-state index in [9.17, 15) is 10.1 Å². The predicted molar refractivity (Wildman–Crippen MR) is 80.9 cm³/mol. The molecule has 0 unspecified atom stereocenters. The van der Waals surface area contributed by atoms with Gasteiger partial charge in [0, 0.05) is 30.9 Å². The second-order valence-corrected chi connectivity index (χ2v) is 5.29. The van der Waals surface area contributed by atoms with Crippen molar-refractivity contribution >= 4 is 17.1 Å². The van der Waals surface area contributed by atoms with Crippen molar-refractivity contribution in [2.24, 2.45) is 0 Å². The fourth-order valence-corrected chi connectivity index (χ4v) is 2.66. The van der Waals surface area contributed by atoms with E-state index in [4.69, 9.17) is 5.73 Å². The van der Waals surface area contributed by atoms with Crippen LogP contribution in [0.1, 0.15) is 26.2 Å². The second-order valence-electron chi connectivity index (χ2n) is 5.29. The maximum absolute atomic E-state index is 10.7. The number of anilines is 2. The number of nitrogen functional groups attached to an aromatic ring is 1. The monoisotopic (exact) mass is 278 g/mol. The lowest BCUT2D eigenvalue weighted by Gasteiger charge is -2.32. The molecule has 0 aromatic heterocycles. The number of nitro groups is 1. The van der Waals surface area contributed by atoms with Crippen LogP contribution in [0.5, 0.6) is 0 Å². The molecule has 6 heteroatoms. The van der Waals surface area contributed by atoms with Gasteiger partial charge in [-0.3, -0.25) is 10.1 Å². The van der Waals surface area contributed by atoms with Crippen LogP contribution in [-0.2, 0) is 0 Å². The average Bonchev–Trinajstić information content (AvgIpc) is 2.41. The number of likely N-dealkylation sites (tertiary alicyclic amines) is 1. The molecule has 20 heavy (non-hydrogen) atoms. The normalized spacial score (nSPS) is 17.1. The van der Waals surface area contributed by atoms with Crippen LogP contribution in [0, 0.1) is 10.1 Å². The summed E-state index contributed by atoms with van der Waals surface area (Å²) in [5.74, 6) is 0. The van der Waals surface area contributed by atoms with Crippen molar-refractivity contribution in [3.8, 4) is 0 Å². The third-order valence-corrected chi connectivity index (χ3v) is 3.72. The van der Waals surface area contributed by atoms with Gasteiger partial charge in [-0.1, -0.05) is 6.92 Å². The minimum Gasteiger partial charge on any atom is -0.393 e. The lowest BCUT2D eigenvalue weighted by molar-refractivity contribution is -0.383. The van der Waals surface area contributed by atoms with E-state index in [1.807, 2.05) is 0 Å². The number of rotatable bonds is 5. The van der Waals surface area contributed by atoms with Crippen molar-refractivity contribution in [1.82, 2.24) is 4.90 Å². The highest BCUT2D eigenvalue weighted by molar-refractivity contribution is 5.66. The van der Waals surface area contributed by atoms with Gasteiger partial charge in [-0.15, -0.1) is 0 Å². The fourth-order valence-electron chi connectivity index (χ4n) is 2.66. The van der Waals surface area contributed by atoms with Crippen LogP contribution in [0.4, 0.5) is 17.1 Å². The molecule has 0 aliphatic carbocycles. The van der Waals surface area contributed by atoms with E-state index in [0.29, 0.717) is 6.04 Å². The minimum atomic E-state index is -0.456. The highest BCUT2D eigenvalue weighted by atomic mass is 16.6. The zero-order chi connectivity index (χ0) is 14.5. The van der Waals surface area contributed by atoms with Crippen molar-refractivity contribution in [2.75, 3.05) is 30.7 Å². The van der Waals surface area contributed by atoms with Crippen molar-refractivity contribution in [2.45, 2.75) is 32.2 Å². The summed E-state index contributed by atoms with van der Waals surface area (Å²) in [6.45, 7) is 5.57. The van der Waals surface area contributed by atoms with Crippen LogP contribution in [0.3, 0.4) is 0 Å². The van der Waals surface area contributed by atoms with Gasteiger partial charge in [0.2, 0.25) is 0 Å². The molecule has 1 aliphatic rings. The first kappa shape index (κ1) is 14.6. The first-order chi connectivity index (χ1) is 9.60. The number of nitrogens with one attached hydrogen (secondary N) is 1. The number of hydrogen-bond donors (Lipinski definition) is 2. The molecule has 0 saturated carbocycles. The SMILES string of the molecule is CCCN1CCC(Nc2ccc([N+](=O)[O-])c(N)c2)CC1. The molecule has 0 atom stereocenters. The number of hydrogen-bond acceptors (Lipinski definition) is 5. The molecule has 6 nitrogen and oxygen atoms in total. The summed E-state index contributed by atoms with van der Waals surface area (Å²) >= 11 is 0. The Morgan fingerprint density at radius 1 is 1.45 bits per heavy atom. The molecular weight excluding hydrogens is 256 g/mol. The molecular formula is C14H22N4O2. The van der Waals surface area contributed by atoms with Gasteiger partial charge in [0.05, 0.1) is 4.92 Å². The molecule has 1 aromatic rings. The average molecular weight is 278 g/mol. The molecule has 0 bridgehead atoms. The Hall–Kier alpha value is -1.82. The van der Waals surface area contributed by atoms with Gasteiger partial charge in [0.15, 0.2) is 0 Å². The molecule has 2 rings (SSSR count). The summed E-state index contributed by atoms with van der Waals surface area (Å²) in [5, 5.41) is 14.1. The molecule has 1 aromatic carbocycles. The second kappa shape index (κ2) is 6.56. The van der Waals surface area contributed by atoms with Gasteiger partial charge in [0.1, 0.15) is 5.69 Å². The van der Waals surface area contributed by atoms with Crippen molar-refractivity contribution in [3.05, 3.63) is 28.3 Å². The van der Waals surface area contributed by atoms with Crippen LogP contribution in [0.2, 0.25) is 0 Å². The number of nitro benzene ring substituents is 1. The van der Waals surface area contributed by atoms with Crippen molar-refractivity contribution in [1.29, 1.82) is 0 Å². The molecule has 1 saturated heterocycles. The molecule has 110 valence electrons. The molecule has 0 radical (unpaired) electrons. The van der Waals surface area contributed by atoms with Crippen molar-refractivity contribution in [3.63, 3.8) is 0 Å². The molecule has 3 N–H and O–H groups in total. The van der Waals surface area contributed by atoms with E-state index >= 15 is 0 Å². The van der Waals surface area contributed by atoms with Crippen LogP contribution in [0.25, 0.3) is 0 Å². The summed E-state index contributed by atoms with van der Waals surface area (Å²) in [6, 6.07) is 5.26. The minimum absolute atomic E-state index is 0.0340. The lowest BCUT2D eigenvalue weighted by atomic mass is 10.0. The molecule has 1 aliphatic heterocycles. The van der Waals surface area contributed by atoms with Crippen LogP contribution in [0.15, 0.2) is 18.2 Å². The van der Waals surface area contributed by atoms with Crippen LogP contribution >= 0.6 is 0 Å². The molecule has 0 spiro atoms. The Morgan fingerprint density at radius 3 is 2.70 bits per heavy atom. The van der Waals surface area contributed by atoms with Gasteiger partial charge in [-0.05, 0) is 37.9 Å². The molecule has 1 fully saturated rings. The van der Waals surface area contributed by atoms with Gasteiger partial charge >= 0.3 is 0 Å². The first-order valence-corrected chi connectivity index (χ1v) is 7.13. The zero-order valence-electron chi connectivity index (χ0n) is 11.8. The van der Waals surface area contributed by atoms with E-state index in [1.165, 1.54) is 12.5 Å². The van der Waals surface area contributed by atoms with E-state index in [0.717, 1.165) is 38.2 Å². The van der Waals surface area contributed by atoms with Gasteiger partial charge < -0.3 is 16.0 Å². The van der Waals surface area contributed by atoms with Crippen LogP contribution in [-0.4, -0.2) is 35.5 Å². The molecule has 1 heterocycles. The van der Waals surface area contributed by atoms with Crippen molar-refractivity contribution < 1.29 is 4.92 Å². The maximum atomic E-state index is 10.7. The van der Waals surface area contributed by atoms with E-state index < -0.39 is 4.92 Å². The standard InChI is InChI=1S/C14H22N4O2/c1-2-7-17-8-5-11(6-9-17)16-12-3-4-14(18(19)20)13(15)10-12/h3-4,10-11,16H,2,5-9,15H2,1H3. The summed E-state index contributed by atoms with van der Waals surface area (Å²) in [5.41, 5.74) is 6.74. The number of piperidine rings is 1. The van der Waals surface area contributed by atoms with E-state index in [2.05, 4.69) is 17.1 Å². The smallest absolute Gasteiger partial charge is 0.292 e. The highest BCUT2D eigenvalue weighted by Crippen LogP contribution is 2.26. The summed E-state index contributed by atoms with van der Waals surface area (Å²) in [7, 11) is 0. The number of nitrogens with zero attached hydrogens (tertiary/aromatic N) is 2. The Morgan fingerprint density at radius 2 is 2.15 bits per heavy atom. The maximum Gasteiger partial charge on any atom is 0.292 e. The Kier molecular flexibility index (Phi) is 4.79. The first-order valence-electron chi connectivity index (χ1n) is 7.13. The van der Waals surface area contributed by atoms with Gasteiger partial charge in [-0.2, -0.15) is 0 Å². The zero-order valence-corrected chi connectivity index (χ0v) is 11.8. The number of nitrogens with two attached hydrogens (primary N) is 1. The predicted octanol–water partition coefficient (Wildman–Crippen LogP) is 2.46. The summed E-state index contributed by atoms with van der Waals surface area (Å²) in [6.07, 6.45) is 3.38. The largest absolute Gasteiger partial charge is 0.393 e. The number of benzene rings is 1. The van der Waals surface area contributed by atoms with Crippen LogP contribution < -0.4 is 11.1 Å². The van der Waals surface area contributed by atoms with Gasteiger partial charge in [0.25, 0.3) is 5.69 Å². The summed E-state index contributed by atoms with van der Waals surface area (Å²) in [4.78, 5) is 12.7. The highest BCUT2D eigenvalue weighted by Gasteiger charge is 2.19. The molecule has 0 amide bonds. The van der Waals surface area contributed by atoms with E-state index in [1.54, 1.807) is 12.1 Å². The fraction of sp³-hybridized carbons (Fsp3) is 0.571. The Bertz CT molecular complexity index is 470. The van der Waals surface area contributed by atoms with Gasteiger partial charge in [-0.25, -0.2) is 0 Å². The Labute approximate surface area is 119 Å². The summed E-state index contributed by atoms with van der Waals surface area (Å²) < 4.78 is 0. The third-order valence-electron chi connectivity index (χ3n) is 3.72. The lowest BCUT2D eigenvalue weighted by Crippen LogP contribution is -2.39. The van der Waals surface area contributed by atoms with E-state index in [-0.39, 0.29) is 11.4 Å². The topological polar surface area (TPSA) is 84.4 Å².